The van der Waals surface area contributed by atoms with Crippen molar-refractivity contribution in [2.24, 2.45) is 0 Å². The van der Waals surface area contributed by atoms with Crippen LogP contribution in [-0.2, 0) is 22.4 Å². The molecule has 0 aliphatic carbocycles. The monoisotopic (exact) mass is 358 g/mol. The molecule has 2 N–H and O–H groups in total. The van der Waals surface area contributed by atoms with Crippen molar-refractivity contribution in [1.82, 2.24) is 21.0 Å². The van der Waals surface area contributed by atoms with Gasteiger partial charge in [0.1, 0.15) is 5.82 Å². The van der Waals surface area contributed by atoms with Crippen molar-refractivity contribution < 1.29 is 22.9 Å². The van der Waals surface area contributed by atoms with Crippen LogP contribution in [0.2, 0.25) is 0 Å². The van der Waals surface area contributed by atoms with Crippen LogP contribution < -0.4 is 10.9 Å². The number of amides is 2. The first-order valence-electron chi connectivity index (χ1n) is 7.79. The van der Waals surface area contributed by atoms with E-state index in [0.717, 1.165) is 0 Å². The Morgan fingerprint density at radius 3 is 2.58 bits per heavy atom. The standard InChI is InChI=1S/C17H15FN4O4/c18-12-5-3-11(4-6-12)10-15(24)21-20-14(23)7-8-16-19-17(22-26-16)13-2-1-9-25-13/h1-6,9H,7-8,10H2,(H,20,23)(H,21,24). The van der Waals surface area contributed by atoms with Crippen LogP contribution in [-0.4, -0.2) is 22.0 Å². The highest BCUT2D eigenvalue weighted by Gasteiger charge is 2.12. The fraction of sp³-hybridized carbons (Fsp3) is 0.176. The molecule has 0 saturated carbocycles. The fourth-order valence-corrected chi connectivity index (χ4v) is 2.12. The average molecular weight is 358 g/mol. The van der Waals surface area contributed by atoms with Gasteiger partial charge in [0.25, 0.3) is 0 Å². The van der Waals surface area contributed by atoms with Crippen molar-refractivity contribution in [2.45, 2.75) is 19.3 Å². The van der Waals surface area contributed by atoms with E-state index in [-0.39, 0.29) is 31.0 Å². The highest BCUT2D eigenvalue weighted by atomic mass is 19.1. The van der Waals surface area contributed by atoms with Crippen molar-refractivity contribution >= 4 is 11.8 Å². The Morgan fingerprint density at radius 1 is 1.08 bits per heavy atom. The molecule has 2 heterocycles. The zero-order valence-electron chi connectivity index (χ0n) is 13.6. The zero-order valence-corrected chi connectivity index (χ0v) is 13.6. The van der Waals surface area contributed by atoms with Gasteiger partial charge in [-0.1, -0.05) is 17.3 Å². The van der Waals surface area contributed by atoms with Crippen molar-refractivity contribution in [3.63, 3.8) is 0 Å². The van der Waals surface area contributed by atoms with Gasteiger partial charge >= 0.3 is 0 Å². The second-order valence-corrected chi connectivity index (χ2v) is 5.39. The van der Waals surface area contributed by atoms with Gasteiger partial charge in [0.05, 0.1) is 12.7 Å². The fourth-order valence-electron chi connectivity index (χ4n) is 2.12. The van der Waals surface area contributed by atoms with Gasteiger partial charge in [-0.05, 0) is 29.8 Å². The number of nitrogens with zero attached hydrogens (tertiary/aromatic N) is 2. The quantitative estimate of drug-likeness (QED) is 0.650. The number of rotatable bonds is 6. The number of nitrogens with one attached hydrogen (secondary N) is 2. The van der Waals surface area contributed by atoms with Crippen LogP contribution in [0.15, 0.2) is 51.6 Å². The van der Waals surface area contributed by atoms with Gasteiger partial charge in [0, 0.05) is 12.8 Å². The average Bonchev–Trinajstić information content (AvgIpc) is 3.31. The normalized spacial score (nSPS) is 10.5. The second kappa shape index (κ2) is 8.06. The Balaban J connectivity index is 1.40. The number of furan rings is 1. The number of halogens is 1. The molecule has 0 saturated heterocycles. The van der Waals surface area contributed by atoms with Crippen LogP contribution in [0.4, 0.5) is 4.39 Å². The van der Waals surface area contributed by atoms with E-state index in [1.165, 1.54) is 30.5 Å². The summed E-state index contributed by atoms with van der Waals surface area (Å²) in [5, 5.41) is 3.76. The number of hydrogen-bond donors (Lipinski definition) is 2. The van der Waals surface area contributed by atoms with E-state index in [1.54, 1.807) is 12.1 Å². The van der Waals surface area contributed by atoms with E-state index in [1.807, 2.05) is 0 Å². The van der Waals surface area contributed by atoms with Gasteiger partial charge < -0.3 is 8.94 Å². The molecule has 0 fully saturated rings. The summed E-state index contributed by atoms with van der Waals surface area (Å²) >= 11 is 0. The van der Waals surface area contributed by atoms with E-state index in [4.69, 9.17) is 8.94 Å². The molecule has 8 nitrogen and oxygen atoms in total. The number of carbonyl (C=O) groups excluding carboxylic acids is 2. The van der Waals surface area contributed by atoms with Gasteiger partial charge in [0.15, 0.2) is 5.76 Å². The summed E-state index contributed by atoms with van der Waals surface area (Å²) < 4.78 is 23.0. The number of hydrogen-bond acceptors (Lipinski definition) is 6. The van der Waals surface area contributed by atoms with Crippen LogP contribution in [0.5, 0.6) is 0 Å². The van der Waals surface area contributed by atoms with E-state index >= 15 is 0 Å². The topological polar surface area (TPSA) is 110 Å². The molecule has 0 bridgehead atoms. The summed E-state index contributed by atoms with van der Waals surface area (Å²) in [4.78, 5) is 27.6. The molecule has 0 aliphatic heterocycles. The van der Waals surface area contributed by atoms with Crippen LogP contribution >= 0.6 is 0 Å². The Bertz CT molecular complexity index is 875. The van der Waals surface area contributed by atoms with E-state index in [2.05, 4.69) is 21.0 Å². The lowest BCUT2D eigenvalue weighted by atomic mass is 10.1. The molecule has 0 atom stereocenters. The lowest BCUT2D eigenvalue weighted by Gasteiger charge is -2.06. The number of aryl methyl sites for hydroxylation is 1. The molecule has 0 unspecified atom stereocenters. The third kappa shape index (κ3) is 4.76. The predicted octanol–water partition coefficient (Wildman–Crippen LogP) is 1.79. The zero-order chi connectivity index (χ0) is 18.4. The van der Waals surface area contributed by atoms with Gasteiger partial charge in [-0.3, -0.25) is 20.4 Å². The minimum atomic E-state index is -0.414. The minimum absolute atomic E-state index is 0.0245. The van der Waals surface area contributed by atoms with Crippen LogP contribution in [0.25, 0.3) is 11.6 Å². The Labute approximate surface area is 147 Å². The highest BCUT2D eigenvalue weighted by molar-refractivity contribution is 5.83. The largest absolute Gasteiger partial charge is 0.461 e. The van der Waals surface area contributed by atoms with E-state index in [0.29, 0.717) is 17.1 Å². The highest BCUT2D eigenvalue weighted by Crippen LogP contribution is 2.16. The maximum Gasteiger partial charge on any atom is 0.242 e. The molecular weight excluding hydrogens is 343 g/mol. The summed E-state index contributed by atoms with van der Waals surface area (Å²) in [7, 11) is 0. The Morgan fingerprint density at radius 2 is 1.85 bits per heavy atom. The van der Waals surface area contributed by atoms with Crippen molar-refractivity contribution in [3.05, 3.63) is 59.9 Å². The number of hydrazine groups is 1. The number of benzene rings is 1. The molecule has 2 aromatic heterocycles. The van der Waals surface area contributed by atoms with Crippen LogP contribution in [0.3, 0.4) is 0 Å². The summed E-state index contributed by atoms with van der Waals surface area (Å²) in [5.41, 5.74) is 5.23. The molecule has 0 radical (unpaired) electrons. The van der Waals surface area contributed by atoms with Crippen LogP contribution in [0, 0.1) is 5.82 Å². The summed E-state index contributed by atoms with van der Waals surface area (Å²) in [6.45, 7) is 0. The molecule has 1 aromatic carbocycles. The summed E-state index contributed by atoms with van der Waals surface area (Å²) in [6.07, 6.45) is 1.79. The molecule has 3 aromatic rings. The first-order chi connectivity index (χ1) is 12.6. The summed E-state index contributed by atoms with van der Waals surface area (Å²) in [5.74, 6) is -0.142. The van der Waals surface area contributed by atoms with Gasteiger partial charge in [-0.2, -0.15) is 4.98 Å². The van der Waals surface area contributed by atoms with Gasteiger partial charge in [-0.15, -0.1) is 0 Å². The first-order valence-corrected chi connectivity index (χ1v) is 7.79. The van der Waals surface area contributed by atoms with Gasteiger partial charge in [-0.25, -0.2) is 4.39 Å². The lowest BCUT2D eigenvalue weighted by molar-refractivity contribution is -0.128. The molecule has 3 rings (SSSR count). The number of aromatic nitrogens is 2. The minimum Gasteiger partial charge on any atom is -0.461 e. The lowest BCUT2D eigenvalue weighted by Crippen LogP contribution is -2.42. The van der Waals surface area contributed by atoms with Crippen molar-refractivity contribution in [2.75, 3.05) is 0 Å². The van der Waals surface area contributed by atoms with Crippen LogP contribution in [0.1, 0.15) is 17.9 Å². The van der Waals surface area contributed by atoms with Crippen molar-refractivity contribution in [3.8, 4) is 11.6 Å². The van der Waals surface area contributed by atoms with E-state index in [9.17, 15) is 14.0 Å². The molecule has 2 amide bonds. The Hall–Kier alpha value is -3.49. The molecule has 0 spiro atoms. The molecule has 9 heteroatoms. The smallest absolute Gasteiger partial charge is 0.242 e. The predicted molar refractivity (Wildman–Crippen MR) is 86.7 cm³/mol. The number of carbonyl (C=O) groups is 2. The second-order valence-electron chi connectivity index (χ2n) is 5.39. The first kappa shape index (κ1) is 17.3. The third-order valence-electron chi connectivity index (χ3n) is 3.39. The maximum atomic E-state index is 12.8. The van der Waals surface area contributed by atoms with Gasteiger partial charge in [0.2, 0.25) is 23.5 Å². The summed E-state index contributed by atoms with van der Waals surface area (Å²) in [6, 6.07) is 8.93. The molecular formula is C17H15FN4O4. The van der Waals surface area contributed by atoms with Crippen molar-refractivity contribution in [1.29, 1.82) is 0 Å². The maximum absolute atomic E-state index is 12.8. The molecule has 26 heavy (non-hydrogen) atoms. The van der Waals surface area contributed by atoms with E-state index < -0.39 is 11.8 Å². The molecule has 134 valence electrons. The SMILES string of the molecule is O=C(CCc1nc(-c2ccco2)no1)NNC(=O)Cc1ccc(F)cc1. The third-order valence-corrected chi connectivity index (χ3v) is 3.39. The molecule has 0 aliphatic rings. The Kier molecular flexibility index (Phi) is 5.37.